The van der Waals surface area contributed by atoms with Gasteiger partial charge in [0, 0.05) is 12.6 Å². The predicted molar refractivity (Wildman–Crippen MR) is 78.0 cm³/mol. The van der Waals surface area contributed by atoms with Gasteiger partial charge in [-0.3, -0.25) is 0 Å². The van der Waals surface area contributed by atoms with Crippen LogP contribution in [0.2, 0.25) is 5.02 Å². The molecule has 0 fully saturated rings. The van der Waals surface area contributed by atoms with Crippen LogP contribution in [-0.4, -0.2) is 12.6 Å². The van der Waals surface area contributed by atoms with E-state index in [0.717, 1.165) is 6.42 Å². The van der Waals surface area contributed by atoms with E-state index < -0.39 is 0 Å². The smallest absolute Gasteiger partial charge is 0.125 e. The largest absolute Gasteiger partial charge is 0.379 e. The van der Waals surface area contributed by atoms with Gasteiger partial charge in [-0.15, -0.1) is 0 Å². The van der Waals surface area contributed by atoms with E-state index in [1.165, 1.54) is 23.8 Å². The van der Waals surface area contributed by atoms with E-state index in [2.05, 4.69) is 5.32 Å². The molecule has 0 bridgehead atoms. The fourth-order valence-electron chi connectivity index (χ4n) is 1.92. The molecule has 0 saturated heterocycles. The van der Waals surface area contributed by atoms with Crippen LogP contribution in [0.5, 0.6) is 0 Å². The molecule has 1 atom stereocenters. The van der Waals surface area contributed by atoms with Gasteiger partial charge in [0.15, 0.2) is 0 Å². The highest BCUT2D eigenvalue weighted by Gasteiger charge is 2.10. The van der Waals surface area contributed by atoms with Gasteiger partial charge < -0.3 is 11.1 Å². The van der Waals surface area contributed by atoms with Gasteiger partial charge in [0.2, 0.25) is 0 Å². The van der Waals surface area contributed by atoms with Gasteiger partial charge in [0.1, 0.15) is 5.82 Å². The van der Waals surface area contributed by atoms with Gasteiger partial charge in [-0.25, -0.2) is 4.39 Å². The molecule has 100 valence electrons. The highest BCUT2D eigenvalue weighted by molar-refractivity contribution is 6.33. The molecule has 19 heavy (non-hydrogen) atoms. The van der Waals surface area contributed by atoms with Crippen molar-refractivity contribution in [2.75, 3.05) is 11.9 Å². The van der Waals surface area contributed by atoms with Crippen LogP contribution in [0.4, 0.5) is 10.1 Å². The summed E-state index contributed by atoms with van der Waals surface area (Å²) in [5, 5.41) is 3.68. The molecule has 0 heterocycles. The Morgan fingerprint density at radius 2 is 1.89 bits per heavy atom. The van der Waals surface area contributed by atoms with Gasteiger partial charge in [0.25, 0.3) is 0 Å². The molecule has 2 nitrogen and oxygen atoms in total. The van der Waals surface area contributed by atoms with Crippen LogP contribution in [-0.2, 0) is 6.42 Å². The number of nitrogens with two attached hydrogens (primary N) is 1. The lowest BCUT2D eigenvalue weighted by Gasteiger charge is -2.19. The normalized spacial score (nSPS) is 12.2. The summed E-state index contributed by atoms with van der Waals surface area (Å²) >= 11 is 6.03. The first-order valence-corrected chi connectivity index (χ1v) is 6.52. The second-order valence-electron chi connectivity index (χ2n) is 4.39. The van der Waals surface area contributed by atoms with Crippen molar-refractivity contribution in [3.05, 3.63) is 64.9 Å². The molecule has 4 heteroatoms. The predicted octanol–water partition coefficient (Wildman–Crippen LogP) is 3.46. The summed E-state index contributed by atoms with van der Waals surface area (Å²) in [5.74, 6) is -0.317. The second kappa shape index (κ2) is 6.55. The molecule has 0 amide bonds. The summed E-state index contributed by atoms with van der Waals surface area (Å²) in [4.78, 5) is 0. The van der Waals surface area contributed by atoms with Crippen molar-refractivity contribution in [3.63, 3.8) is 0 Å². The quantitative estimate of drug-likeness (QED) is 0.879. The van der Waals surface area contributed by atoms with E-state index in [1.807, 2.05) is 30.3 Å². The summed E-state index contributed by atoms with van der Waals surface area (Å²) in [6.45, 7) is 0.446. The minimum atomic E-state index is -0.317. The van der Waals surface area contributed by atoms with Gasteiger partial charge in [-0.05, 0) is 30.2 Å². The van der Waals surface area contributed by atoms with Crippen LogP contribution >= 0.6 is 11.6 Å². The van der Waals surface area contributed by atoms with Crippen molar-refractivity contribution < 1.29 is 4.39 Å². The molecule has 1 unspecified atom stereocenters. The summed E-state index contributed by atoms with van der Waals surface area (Å²) in [6.07, 6.45) is 0.768. The van der Waals surface area contributed by atoms with Gasteiger partial charge >= 0.3 is 0 Å². The Morgan fingerprint density at radius 3 is 2.58 bits per heavy atom. The van der Waals surface area contributed by atoms with Crippen LogP contribution < -0.4 is 11.1 Å². The Labute approximate surface area is 117 Å². The highest BCUT2D eigenvalue weighted by Crippen LogP contribution is 2.23. The first-order chi connectivity index (χ1) is 9.19. The number of rotatable bonds is 5. The maximum Gasteiger partial charge on any atom is 0.125 e. The number of anilines is 1. The van der Waals surface area contributed by atoms with E-state index >= 15 is 0 Å². The van der Waals surface area contributed by atoms with Crippen molar-refractivity contribution in [2.24, 2.45) is 5.73 Å². The topological polar surface area (TPSA) is 38.0 Å². The molecule has 2 aromatic carbocycles. The SMILES string of the molecule is NCC(Cc1ccccc1)Nc1cc(F)ccc1Cl. The highest BCUT2D eigenvalue weighted by atomic mass is 35.5. The number of benzene rings is 2. The monoisotopic (exact) mass is 278 g/mol. The van der Waals surface area contributed by atoms with E-state index in [0.29, 0.717) is 17.3 Å². The summed E-state index contributed by atoms with van der Waals surface area (Å²) < 4.78 is 13.2. The Kier molecular flexibility index (Phi) is 4.77. The van der Waals surface area contributed by atoms with Crippen LogP contribution in [0.15, 0.2) is 48.5 Å². The van der Waals surface area contributed by atoms with Crippen molar-refractivity contribution in [3.8, 4) is 0 Å². The summed E-state index contributed by atoms with van der Waals surface area (Å²) in [5.41, 5.74) is 7.51. The third-order valence-electron chi connectivity index (χ3n) is 2.90. The molecular formula is C15H16ClFN2. The molecule has 0 aliphatic carbocycles. The van der Waals surface area contributed by atoms with Gasteiger partial charge in [0.05, 0.1) is 10.7 Å². The molecule has 2 aromatic rings. The molecule has 0 spiro atoms. The second-order valence-corrected chi connectivity index (χ2v) is 4.80. The maximum atomic E-state index is 13.2. The van der Waals surface area contributed by atoms with Crippen molar-refractivity contribution in [2.45, 2.75) is 12.5 Å². The summed E-state index contributed by atoms with van der Waals surface area (Å²) in [7, 11) is 0. The molecule has 0 saturated carbocycles. The van der Waals surface area contributed by atoms with Gasteiger partial charge in [-0.2, -0.15) is 0 Å². The van der Waals surface area contributed by atoms with E-state index in [4.69, 9.17) is 17.3 Å². The van der Waals surface area contributed by atoms with Crippen molar-refractivity contribution >= 4 is 17.3 Å². The fraction of sp³-hybridized carbons (Fsp3) is 0.200. The van der Waals surface area contributed by atoms with Gasteiger partial charge in [-0.1, -0.05) is 41.9 Å². The number of hydrogen-bond donors (Lipinski definition) is 2. The van der Waals surface area contributed by atoms with Crippen molar-refractivity contribution in [1.29, 1.82) is 0 Å². The Morgan fingerprint density at radius 1 is 1.16 bits per heavy atom. The Bertz CT molecular complexity index is 531. The average molecular weight is 279 g/mol. The molecule has 2 rings (SSSR count). The Hall–Kier alpha value is -1.58. The lowest BCUT2D eigenvalue weighted by molar-refractivity contribution is 0.627. The van der Waals surface area contributed by atoms with Crippen LogP contribution in [0.1, 0.15) is 5.56 Å². The lowest BCUT2D eigenvalue weighted by Crippen LogP contribution is -2.31. The number of hydrogen-bond acceptors (Lipinski definition) is 2. The third-order valence-corrected chi connectivity index (χ3v) is 3.23. The minimum Gasteiger partial charge on any atom is -0.379 e. The zero-order valence-corrected chi connectivity index (χ0v) is 11.2. The zero-order valence-electron chi connectivity index (χ0n) is 10.4. The standard InChI is InChI=1S/C15H16ClFN2/c16-14-7-6-12(17)9-15(14)19-13(10-18)8-11-4-2-1-3-5-11/h1-7,9,13,19H,8,10,18H2. The van der Waals surface area contributed by atoms with Crippen LogP contribution in [0.3, 0.4) is 0 Å². The number of nitrogens with one attached hydrogen (secondary N) is 1. The molecular weight excluding hydrogens is 263 g/mol. The molecule has 0 aliphatic rings. The third kappa shape index (κ3) is 3.94. The first kappa shape index (κ1) is 13.8. The van der Waals surface area contributed by atoms with E-state index in [-0.39, 0.29) is 11.9 Å². The number of halogens is 2. The minimum absolute atomic E-state index is 0.0155. The maximum absolute atomic E-state index is 13.2. The molecule has 0 radical (unpaired) electrons. The Balaban J connectivity index is 2.09. The van der Waals surface area contributed by atoms with E-state index in [9.17, 15) is 4.39 Å². The van der Waals surface area contributed by atoms with E-state index in [1.54, 1.807) is 0 Å². The first-order valence-electron chi connectivity index (χ1n) is 6.14. The van der Waals surface area contributed by atoms with Crippen molar-refractivity contribution in [1.82, 2.24) is 0 Å². The fourth-order valence-corrected chi connectivity index (χ4v) is 2.09. The molecule has 0 aliphatic heterocycles. The summed E-state index contributed by atoms with van der Waals surface area (Å²) in [6, 6.07) is 14.3. The van der Waals surface area contributed by atoms with Crippen LogP contribution in [0.25, 0.3) is 0 Å². The molecule has 3 N–H and O–H groups in total. The van der Waals surface area contributed by atoms with Crippen LogP contribution in [0, 0.1) is 5.82 Å². The zero-order chi connectivity index (χ0) is 13.7. The average Bonchev–Trinajstić information content (AvgIpc) is 2.43. The lowest BCUT2D eigenvalue weighted by atomic mass is 10.1. The molecule has 0 aromatic heterocycles.